The van der Waals surface area contributed by atoms with E-state index >= 15 is 0 Å². The quantitative estimate of drug-likeness (QED) is 0.0362. The monoisotopic (exact) mass is 1770 g/mol. The zero-order valence-corrected chi connectivity index (χ0v) is 69.9. The van der Waals surface area contributed by atoms with Crippen LogP contribution in [0.4, 0.5) is 35.7 Å². The molecule has 3 unspecified atom stereocenters. The molecular weight excluding hydrogens is 1680 g/mol. The van der Waals surface area contributed by atoms with Gasteiger partial charge in [0, 0.05) is 88.9 Å². The standard InChI is InChI=1S/C86H91N23O20/c1-56-40-106-46-70(115)104(49-73(118)119)39-34-90-68(113)44-103(72(117)48-108-55-94-75-78(108)98-81(99-79(75)120)100-85(125)129-51-62-16-6-3-7-17-62)38-33-89-67(112)43-102-37-32-88-66(111)42-101(69(114)45-105-35-30-64(95-82(105)122)96-83(123)127-50-61-14-4-2-5-15-61)36-31-87-65(110)21-11-20-57(12-8-9-13-58-22-26-60(27-23-58)41-109(80(56)121)86(106)126)18-10-19-59-24-28-63(29-25-59)52-128-84(124)97-76-74-77(92-53-91-76)107(54-93-74)47-71(102)116/h2-7,14-17,22-30,35,40,53-57,64H,8,11-12,18,20-21,31-34,36-39,41-52H2,1H3,(H9-,87,88,89,90,91,92,95,96,97,98,99,100,110,111,112,113,118,119,120,122,123,124,125)/p+1. The number of hydrogen-bond donors (Lipinski definition) is 10. The van der Waals surface area contributed by atoms with Crippen molar-refractivity contribution in [3.05, 3.63) is 174 Å². The second-order valence-corrected chi connectivity index (χ2v) is 30.0. The zero-order chi connectivity index (χ0) is 91.3. The van der Waals surface area contributed by atoms with Crippen LogP contribution in [0, 0.1) is 35.5 Å². The van der Waals surface area contributed by atoms with E-state index < -0.39 is 205 Å². The van der Waals surface area contributed by atoms with Crippen molar-refractivity contribution >= 4 is 130 Å². The van der Waals surface area contributed by atoms with Gasteiger partial charge in [-0.2, -0.15) is 24.2 Å². The number of hydrogen-bond acceptors (Lipinski definition) is 25. The molecule has 10 heterocycles. The molecule has 4 aromatic heterocycles. The molecule has 0 saturated carbocycles. The van der Waals surface area contributed by atoms with Crippen LogP contribution in [0.3, 0.4) is 0 Å². The molecule has 670 valence electrons. The van der Waals surface area contributed by atoms with Gasteiger partial charge in [0.15, 0.2) is 34.7 Å². The first-order valence-electron chi connectivity index (χ1n) is 41.0. The van der Waals surface area contributed by atoms with E-state index in [1.165, 1.54) is 36.3 Å². The number of benzene rings is 4. The van der Waals surface area contributed by atoms with Crippen molar-refractivity contribution in [2.24, 2.45) is 11.8 Å². The molecule has 14 rings (SSSR count). The first-order valence-corrected chi connectivity index (χ1v) is 41.0. The number of fused-ring (bicyclic) bond motifs is 25. The van der Waals surface area contributed by atoms with Gasteiger partial charge in [-0.05, 0) is 84.7 Å². The number of urea groups is 2. The number of ether oxygens (including phenoxy) is 3. The van der Waals surface area contributed by atoms with Crippen LogP contribution in [0.5, 0.6) is 5.88 Å². The fourth-order valence-electron chi connectivity index (χ4n) is 13.7. The number of imide groups is 1. The lowest BCUT2D eigenvalue weighted by Crippen LogP contribution is -2.55. The molecule has 0 spiro atoms. The summed E-state index contributed by atoms with van der Waals surface area (Å²) in [6, 6.07) is 29.6. The Bertz CT molecular complexity index is 5730. The third-order valence-corrected chi connectivity index (χ3v) is 20.5. The molecule has 4 aromatic carbocycles. The van der Waals surface area contributed by atoms with E-state index in [2.05, 4.69) is 96.1 Å². The molecule has 0 radical (unpaired) electrons. The Morgan fingerprint density at radius 3 is 1.91 bits per heavy atom. The summed E-state index contributed by atoms with van der Waals surface area (Å²) in [4.78, 5) is 239. The molecule has 0 saturated heterocycles. The predicted octanol–water partition coefficient (Wildman–Crippen LogP) is 2.09. The average Bonchev–Trinajstić information content (AvgIpc) is 0.926. The van der Waals surface area contributed by atoms with Gasteiger partial charge in [0.25, 0.3) is 5.91 Å². The van der Waals surface area contributed by atoms with E-state index in [-0.39, 0.29) is 79.9 Å². The number of nitrogens with one attached hydrogen (secondary N) is 8. The molecule has 0 aliphatic carbocycles. The summed E-state index contributed by atoms with van der Waals surface area (Å²) in [5, 5.41) is 41.7. The third-order valence-electron chi connectivity index (χ3n) is 20.5. The van der Waals surface area contributed by atoms with Crippen molar-refractivity contribution in [1.29, 1.82) is 0 Å². The Balaban J connectivity index is 0.830. The van der Waals surface area contributed by atoms with E-state index in [0.29, 0.717) is 65.5 Å². The number of anilines is 2. The summed E-state index contributed by atoms with van der Waals surface area (Å²) in [6.45, 7) is -8.00. The minimum absolute atomic E-state index is 0.0175. The first kappa shape index (κ1) is 92.0. The van der Waals surface area contributed by atoms with Gasteiger partial charge < -0.3 is 79.7 Å². The Morgan fingerprint density at radius 1 is 0.620 bits per heavy atom. The van der Waals surface area contributed by atoms with Gasteiger partial charge in [-0.15, -0.1) is 0 Å². The van der Waals surface area contributed by atoms with Gasteiger partial charge in [-0.3, -0.25) is 64.0 Å². The highest BCUT2D eigenvalue weighted by Gasteiger charge is 2.43. The van der Waals surface area contributed by atoms with Crippen LogP contribution in [-0.4, -0.2) is 277 Å². The minimum atomic E-state index is -1.46. The van der Waals surface area contributed by atoms with E-state index in [1.54, 1.807) is 109 Å². The smallest absolute Gasteiger partial charge is 0.492 e. The molecule has 6 aliphatic rings. The maximum atomic E-state index is 14.8. The number of amides is 16. The number of alkyl carbamates (subject to hydrolysis) is 1. The molecule has 10 N–H and O–H groups in total. The van der Waals surface area contributed by atoms with Gasteiger partial charge in [-0.25, -0.2) is 43.9 Å². The summed E-state index contributed by atoms with van der Waals surface area (Å²) in [5.41, 5.74) is 3.37. The topological polar surface area (TPSA) is 530 Å². The Morgan fingerprint density at radius 2 is 1.24 bits per heavy atom. The second-order valence-electron chi connectivity index (χ2n) is 30.0. The first-order chi connectivity index (χ1) is 62.3. The van der Waals surface area contributed by atoms with Gasteiger partial charge in [0.1, 0.15) is 71.0 Å². The summed E-state index contributed by atoms with van der Waals surface area (Å²) >= 11 is 0. The van der Waals surface area contributed by atoms with Crippen LogP contribution in [0.25, 0.3) is 22.3 Å². The van der Waals surface area contributed by atoms with Crippen LogP contribution in [0.15, 0.2) is 140 Å². The minimum Gasteiger partial charge on any atom is -0.492 e. The molecule has 129 heavy (non-hydrogen) atoms. The molecule has 43 heteroatoms. The lowest BCUT2D eigenvalue weighted by molar-refractivity contribution is -0.426. The Labute approximate surface area is 736 Å². The van der Waals surface area contributed by atoms with Gasteiger partial charge in [0.2, 0.25) is 53.2 Å². The highest BCUT2D eigenvalue weighted by atomic mass is 16.6. The largest absolute Gasteiger partial charge is 0.501 e. The highest BCUT2D eigenvalue weighted by molar-refractivity contribution is 6.04. The number of imidazole rings is 2. The lowest BCUT2D eigenvalue weighted by atomic mass is 9.93. The van der Waals surface area contributed by atoms with E-state index in [0.717, 1.165) is 51.2 Å². The van der Waals surface area contributed by atoms with Gasteiger partial charge in [-0.1, -0.05) is 109 Å². The van der Waals surface area contributed by atoms with Crippen molar-refractivity contribution in [3.63, 3.8) is 0 Å². The van der Waals surface area contributed by atoms with Crippen molar-refractivity contribution in [2.45, 2.75) is 91.1 Å². The molecule has 8 aromatic rings. The van der Waals surface area contributed by atoms with Crippen molar-refractivity contribution in [3.8, 4) is 29.6 Å². The third kappa shape index (κ3) is 27.1. The van der Waals surface area contributed by atoms with Crippen LogP contribution < -0.4 is 42.5 Å². The molecular formula is C86H92N23O20+. The average molecular weight is 1770 g/mol. The molecule has 0 fully saturated rings. The van der Waals surface area contributed by atoms with E-state index in [4.69, 9.17) is 14.2 Å². The maximum Gasteiger partial charge on any atom is 0.501 e. The van der Waals surface area contributed by atoms with Crippen molar-refractivity contribution in [1.82, 2.24) is 100 Å². The fraction of sp³-hybridized carbons (Fsp3) is 0.349. The molecule has 16 amide bonds. The summed E-state index contributed by atoms with van der Waals surface area (Å²) < 4.78 is 19.6. The second kappa shape index (κ2) is 44.9. The van der Waals surface area contributed by atoms with Crippen LogP contribution in [0.2, 0.25) is 0 Å². The number of carbonyl (C=O) groups excluding carboxylic acids is 14. The van der Waals surface area contributed by atoms with Crippen LogP contribution >= 0.6 is 0 Å². The zero-order valence-electron chi connectivity index (χ0n) is 69.9. The van der Waals surface area contributed by atoms with Crippen LogP contribution in [-0.2, 0) is 102 Å². The number of aromatic nitrogens is 8. The maximum absolute atomic E-state index is 14.8. The number of rotatable bonds is 12. The molecule has 6 aliphatic heterocycles. The van der Waals surface area contributed by atoms with Gasteiger partial charge >= 0.3 is 42.2 Å². The molecule has 12 bridgehead atoms. The summed E-state index contributed by atoms with van der Waals surface area (Å²) in [6.07, 6.45) is 5.76. The summed E-state index contributed by atoms with van der Waals surface area (Å²) in [7, 11) is 0. The predicted molar refractivity (Wildman–Crippen MR) is 454 cm³/mol. The Hall–Kier alpha value is -16.2. The normalized spacial score (nSPS) is 18.1. The number of carboxylic acid groups (broad SMARTS) is 1. The summed E-state index contributed by atoms with van der Waals surface area (Å²) in [5.74, 6) is 2.24. The van der Waals surface area contributed by atoms with Crippen molar-refractivity contribution in [2.75, 3.05) is 102 Å². The van der Waals surface area contributed by atoms with E-state index in [1.807, 2.05) is 0 Å². The number of carbonyl (C=O) groups is 15. The molecule has 3 atom stereocenters. The lowest BCUT2D eigenvalue weighted by Gasteiger charge is -2.30. The highest BCUT2D eigenvalue weighted by Crippen LogP contribution is 2.25. The number of aliphatic carboxylic acids is 1. The molecule has 43 nitrogen and oxygen atoms in total. The SMILES string of the molecule is CC1C=[N+]2CC(=O)N(CC(=O)O)CCNC(=O)CN(C(=O)Cn3cnc4c(O)nc(NC(=O)OCc5ccccc5)nc43)CCNC(=O)CN3CCNC(=O)CN(C(=O)CN4C=CC(NC(=O)OCc5ccccc5)NC4=O)CCNC(=O)CCCC(CC#Cc4ccc(cc4)COC(=O)Nc4ncnc5c4ncn5CC3=O)CCC#Cc3ccc(cc3)CN(C1=O)C2=O. The van der Waals surface area contributed by atoms with Crippen LogP contribution in [0.1, 0.15) is 78.8 Å². The number of carboxylic acids is 1. The Kier molecular flexibility index (Phi) is 32.0. The number of aromatic hydroxyl groups is 1. The van der Waals surface area contributed by atoms with E-state index in [9.17, 15) is 82.1 Å². The fourth-order valence-corrected chi connectivity index (χ4v) is 13.7. The number of nitrogens with zero attached hydrogens (tertiary/aromatic N) is 15. The van der Waals surface area contributed by atoms with Gasteiger partial charge in [0.05, 0.1) is 38.5 Å². The van der Waals surface area contributed by atoms with Crippen molar-refractivity contribution < 1.29 is 101 Å².